The van der Waals surface area contributed by atoms with E-state index >= 15 is 0 Å². The second kappa shape index (κ2) is 10.4. The summed E-state index contributed by atoms with van der Waals surface area (Å²) >= 11 is 0. The van der Waals surface area contributed by atoms with Gasteiger partial charge in [-0.3, -0.25) is 0 Å². The van der Waals surface area contributed by atoms with Crippen molar-refractivity contribution in [3.8, 4) is 0 Å². The van der Waals surface area contributed by atoms with Gasteiger partial charge in [-0.15, -0.1) is 0 Å². The molecule has 0 aromatic heterocycles. The van der Waals surface area contributed by atoms with Gasteiger partial charge in [0, 0.05) is 5.97 Å². The average molecular weight is 167 g/mol. The zero-order chi connectivity index (χ0) is 7.82. The molecular weight excluding hydrogens is 153 g/mol. The molecule has 0 radical (unpaired) electrons. The number of hydrogen-bond acceptors (Lipinski definition) is 3. The molecule has 4 heteroatoms. The van der Waals surface area contributed by atoms with Crippen LogP contribution in [-0.4, -0.2) is 12.5 Å². The third kappa shape index (κ3) is 13.4. The van der Waals surface area contributed by atoms with Crippen molar-refractivity contribution in [1.82, 2.24) is 0 Å². The van der Waals surface area contributed by atoms with Crippen LogP contribution in [0.2, 0.25) is 0 Å². The molecule has 0 aromatic rings. The van der Waals surface area contributed by atoms with Crippen LogP contribution in [-0.2, 0) is 4.79 Å². The van der Waals surface area contributed by atoms with Gasteiger partial charge in [-0.2, -0.15) is 0 Å². The van der Waals surface area contributed by atoms with Gasteiger partial charge in [0.15, 0.2) is 0 Å². The van der Waals surface area contributed by atoms with Crippen LogP contribution in [0.15, 0.2) is 0 Å². The van der Waals surface area contributed by atoms with E-state index in [0.717, 1.165) is 25.7 Å². The number of nitrogens with two attached hydrogens (primary N) is 1. The van der Waals surface area contributed by atoms with Gasteiger partial charge in [0.25, 0.3) is 0 Å². The van der Waals surface area contributed by atoms with Gasteiger partial charge in [-0.1, -0.05) is 12.8 Å². The maximum atomic E-state index is 9.90. The Bertz CT molecular complexity index is 98.4. The van der Waals surface area contributed by atoms with Crippen LogP contribution < -0.4 is 40.4 Å². The van der Waals surface area contributed by atoms with Crippen molar-refractivity contribution < 1.29 is 39.5 Å². The molecule has 11 heavy (non-hydrogen) atoms. The predicted octanol–water partition coefficient (Wildman–Crippen LogP) is -3.35. The quantitative estimate of drug-likeness (QED) is 0.332. The zero-order valence-corrected chi connectivity index (χ0v) is 9.14. The number of carbonyl (C=O) groups is 1. The summed E-state index contributed by atoms with van der Waals surface area (Å²) in [6, 6.07) is 0. The minimum Gasteiger partial charge on any atom is -0.550 e. The molecule has 0 saturated heterocycles. The first-order valence-electron chi connectivity index (χ1n) is 3.67. The van der Waals surface area contributed by atoms with E-state index in [0.29, 0.717) is 6.54 Å². The number of hydrogen-bond donors (Lipinski definition) is 1. The molecule has 0 atom stereocenters. The van der Waals surface area contributed by atoms with Crippen LogP contribution in [0.1, 0.15) is 32.1 Å². The van der Waals surface area contributed by atoms with Gasteiger partial charge in [0.1, 0.15) is 0 Å². The fourth-order valence-corrected chi connectivity index (χ4v) is 0.767. The first-order chi connectivity index (χ1) is 4.77. The van der Waals surface area contributed by atoms with Gasteiger partial charge in [0.05, 0.1) is 0 Å². The molecule has 0 aliphatic heterocycles. The van der Waals surface area contributed by atoms with E-state index in [1.54, 1.807) is 0 Å². The minimum absolute atomic E-state index is 0. The summed E-state index contributed by atoms with van der Waals surface area (Å²) in [6.45, 7) is 0.700. The zero-order valence-electron chi connectivity index (χ0n) is 7.14. The van der Waals surface area contributed by atoms with Crippen LogP contribution >= 0.6 is 0 Å². The summed E-state index contributed by atoms with van der Waals surface area (Å²) in [4.78, 5) is 9.90. The van der Waals surface area contributed by atoms with Gasteiger partial charge >= 0.3 is 29.6 Å². The predicted molar refractivity (Wildman–Crippen MR) is 37.1 cm³/mol. The monoisotopic (exact) mass is 167 g/mol. The van der Waals surface area contributed by atoms with Gasteiger partial charge in [0.2, 0.25) is 0 Å². The molecule has 3 nitrogen and oxygen atoms in total. The van der Waals surface area contributed by atoms with E-state index in [-0.39, 0.29) is 36.0 Å². The molecule has 0 spiro atoms. The molecule has 0 fully saturated rings. The van der Waals surface area contributed by atoms with Crippen molar-refractivity contribution in [3.63, 3.8) is 0 Å². The molecule has 0 aliphatic rings. The SMILES string of the molecule is NCCCCCCC(=O)[O-].[Na+]. The number of rotatable bonds is 6. The number of carboxylic acids is 1. The molecule has 0 amide bonds. The summed E-state index contributed by atoms with van der Waals surface area (Å²) in [5.41, 5.74) is 5.24. The smallest absolute Gasteiger partial charge is 0.550 e. The van der Waals surface area contributed by atoms with Crippen LogP contribution in [0, 0.1) is 0 Å². The third-order valence-electron chi connectivity index (χ3n) is 1.34. The van der Waals surface area contributed by atoms with Gasteiger partial charge in [-0.05, 0) is 25.8 Å². The molecule has 0 saturated carbocycles. The van der Waals surface area contributed by atoms with E-state index in [9.17, 15) is 9.90 Å². The first kappa shape index (κ1) is 14.0. The number of carbonyl (C=O) groups excluding carboxylic acids is 1. The second-order valence-electron chi connectivity index (χ2n) is 2.32. The summed E-state index contributed by atoms with van der Waals surface area (Å²) in [5.74, 6) is -0.951. The van der Waals surface area contributed by atoms with E-state index in [4.69, 9.17) is 5.73 Å². The Morgan fingerprint density at radius 3 is 2.18 bits per heavy atom. The summed E-state index contributed by atoms with van der Waals surface area (Å²) in [5, 5.41) is 9.90. The van der Waals surface area contributed by atoms with Crippen molar-refractivity contribution >= 4 is 5.97 Å². The fourth-order valence-electron chi connectivity index (χ4n) is 0.767. The van der Waals surface area contributed by atoms with Crippen molar-refractivity contribution in [2.75, 3.05) is 6.54 Å². The molecular formula is C7H14NNaO2. The van der Waals surface area contributed by atoms with E-state index in [2.05, 4.69) is 0 Å². The molecule has 0 aliphatic carbocycles. The summed E-state index contributed by atoms with van der Waals surface area (Å²) in [7, 11) is 0. The number of carboxylic acid groups (broad SMARTS) is 1. The maximum absolute atomic E-state index is 9.90. The molecule has 60 valence electrons. The van der Waals surface area contributed by atoms with Crippen molar-refractivity contribution in [2.45, 2.75) is 32.1 Å². The summed E-state index contributed by atoms with van der Waals surface area (Å²) in [6.07, 6.45) is 3.88. The molecule has 2 N–H and O–H groups in total. The molecule has 0 aromatic carbocycles. The standard InChI is InChI=1S/C7H15NO2.Na/c8-6-4-2-1-3-5-7(9)10;/h1-6,8H2,(H,9,10);/q;+1/p-1. The van der Waals surface area contributed by atoms with E-state index < -0.39 is 5.97 Å². The Morgan fingerprint density at radius 1 is 1.18 bits per heavy atom. The van der Waals surface area contributed by atoms with Crippen LogP contribution in [0.3, 0.4) is 0 Å². The minimum atomic E-state index is -0.951. The third-order valence-corrected chi connectivity index (χ3v) is 1.34. The topological polar surface area (TPSA) is 66.2 Å². The Labute approximate surface area is 89.6 Å². The first-order valence-corrected chi connectivity index (χ1v) is 3.67. The molecule has 0 rings (SSSR count). The number of unbranched alkanes of at least 4 members (excludes halogenated alkanes) is 3. The molecule has 0 heterocycles. The fraction of sp³-hybridized carbons (Fsp3) is 0.857. The van der Waals surface area contributed by atoms with Crippen LogP contribution in [0.25, 0.3) is 0 Å². The Balaban J connectivity index is 0. The maximum Gasteiger partial charge on any atom is 1.00 e. The van der Waals surface area contributed by atoms with E-state index in [1.807, 2.05) is 0 Å². The molecule has 0 unspecified atom stereocenters. The largest absolute Gasteiger partial charge is 1.00 e. The van der Waals surface area contributed by atoms with Gasteiger partial charge < -0.3 is 15.6 Å². The average Bonchev–Trinajstić information content (AvgIpc) is 1.87. The van der Waals surface area contributed by atoms with Crippen LogP contribution in [0.4, 0.5) is 0 Å². The number of aliphatic carboxylic acids is 1. The Kier molecular flexibility index (Phi) is 13.3. The Hall–Kier alpha value is 0.430. The van der Waals surface area contributed by atoms with Crippen molar-refractivity contribution in [3.05, 3.63) is 0 Å². The summed E-state index contributed by atoms with van der Waals surface area (Å²) < 4.78 is 0. The van der Waals surface area contributed by atoms with Gasteiger partial charge in [-0.25, -0.2) is 0 Å². The second-order valence-corrected chi connectivity index (χ2v) is 2.32. The van der Waals surface area contributed by atoms with Crippen molar-refractivity contribution in [2.24, 2.45) is 5.73 Å². The molecule has 0 bridgehead atoms. The van der Waals surface area contributed by atoms with E-state index in [1.165, 1.54) is 0 Å². The Morgan fingerprint density at radius 2 is 1.73 bits per heavy atom. The normalized spacial score (nSPS) is 8.82. The van der Waals surface area contributed by atoms with Crippen LogP contribution in [0.5, 0.6) is 0 Å². The van der Waals surface area contributed by atoms with Crippen molar-refractivity contribution in [1.29, 1.82) is 0 Å².